The predicted molar refractivity (Wildman–Crippen MR) is 107 cm³/mol. The molecule has 0 aromatic heterocycles. The van der Waals surface area contributed by atoms with Crippen molar-refractivity contribution in [2.24, 2.45) is 0 Å². The lowest BCUT2D eigenvalue weighted by Crippen LogP contribution is -2.39. The van der Waals surface area contributed by atoms with E-state index in [-0.39, 0.29) is 5.91 Å². The fraction of sp³-hybridized carbons (Fsp3) is 0.588. The molecule has 0 heterocycles. The standard InChI is InChI=1S/C17H29N3O3S2/c1-11-10-13(12(2)16(24)15(11)18)20-14(21)8-6-7-9-19-25(22,23)17(3,4)5/h10,19,24H,6-9,18H2,1-5H3,(H,20,21). The molecule has 1 amide bonds. The molecular formula is C17H29N3O3S2. The van der Waals surface area contributed by atoms with E-state index in [1.807, 2.05) is 19.9 Å². The molecule has 0 spiro atoms. The van der Waals surface area contributed by atoms with Crippen molar-refractivity contribution in [1.82, 2.24) is 4.72 Å². The van der Waals surface area contributed by atoms with Crippen LogP contribution in [0.5, 0.6) is 0 Å². The number of nitrogens with one attached hydrogen (secondary N) is 2. The SMILES string of the molecule is Cc1cc(NC(=O)CCCCNS(=O)(=O)C(C)(C)C)c(C)c(S)c1N. The number of nitrogens with two attached hydrogens (primary N) is 1. The van der Waals surface area contributed by atoms with Crippen LogP contribution in [0, 0.1) is 13.8 Å². The molecule has 0 saturated heterocycles. The number of unbranched alkanes of at least 4 members (excludes halogenated alkanes) is 1. The second-order valence-corrected chi connectivity index (χ2v) is 10.1. The Morgan fingerprint density at radius 3 is 2.40 bits per heavy atom. The zero-order valence-corrected chi connectivity index (χ0v) is 17.3. The maximum Gasteiger partial charge on any atom is 0.224 e. The molecule has 0 unspecified atom stereocenters. The van der Waals surface area contributed by atoms with Gasteiger partial charge in [0, 0.05) is 29.2 Å². The van der Waals surface area contributed by atoms with Gasteiger partial charge in [0.15, 0.2) is 0 Å². The van der Waals surface area contributed by atoms with Crippen LogP contribution in [0.2, 0.25) is 0 Å². The average Bonchev–Trinajstić information content (AvgIpc) is 2.49. The number of hydrogen-bond donors (Lipinski definition) is 4. The summed E-state index contributed by atoms with van der Waals surface area (Å²) in [6.45, 7) is 8.99. The third kappa shape index (κ3) is 5.90. The monoisotopic (exact) mass is 387 g/mol. The number of thiol groups is 1. The minimum atomic E-state index is -3.34. The summed E-state index contributed by atoms with van der Waals surface area (Å²) in [7, 11) is -3.34. The van der Waals surface area contributed by atoms with Gasteiger partial charge in [0.25, 0.3) is 0 Å². The zero-order chi connectivity index (χ0) is 19.4. The number of rotatable bonds is 7. The highest BCUT2D eigenvalue weighted by molar-refractivity contribution is 7.90. The summed E-state index contributed by atoms with van der Waals surface area (Å²) in [5.41, 5.74) is 8.93. The van der Waals surface area contributed by atoms with E-state index in [0.717, 1.165) is 11.1 Å². The number of aryl methyl sites for hydroxylation is 1. The van der Waals surface area contributed by atoms with Gasteiger partial charge < -0.3 is 11.1 Å². The van der Waals surface area contributed by atoms with Crippen molar-refractivity contribution in [3.8, 4) is 0 Å². The maximum absolute atomic E-state index is 12.1. The molecule has 1 aromatic rings. The van der Waals surface area contributed by atoms with Crippen molar-refractivity contribution in [3.05, 3.63) is 17.2 Å². The highest BCUT2D eigenvalue weighted by atomic mass is 32.2. The van der Waals surface area contributed by atoms with Crippen LogP contribution in [0.1, 0.15) is 51.2 Å². The van der Waals surface area contributed by atoms with E-state index in [1.54, 1.807) is 20.8 Å². The van der Waals surface area contributed by atoms with Gasteiger partial charge in [-0.2, -0.15) is 0 Å². The lowest BCUT2D eigenvalue weighted by atomic mass is 10.1. The molecule has 0 fully saturated rings. The third-order valence-corrected chi connectivity index (χ3v) is 6.78. The first-order valence-electron chi connectivity index (χ1n) is 8.24. The summed E-state index contributed by atoms with van der Waals surface area (Å²) >= 11 is 4.38. The summed E-state index contributed by atoms with van der Waals surface area (Å²) in [5, 5.41) is 2.87. The molecule has 4 N–H and O–H groups in total. The highest BCUT2D eigenvalue weighted by Crippen LogP contribution is 2.31. The van der Waals surface area contributed by atoms with Gasteiger partial charge in [0.1, 0.15) is 0 Å². The van der Waals surface area contributed by atoms with Gasteiger partial charge in [-0.05, 0) is 64.7 Å². The first kappa shape index (κ1) is 21.8. The first-order chi connectivity index (χ1) is 11.4. The second-order valence-electron chi connectivity index (χ2n) is 7.14. The molecule has 0 radical (unpaired) electrons. The Balaban J connectivity index is 2.47. The van der Waals surface area contributed by atoms with Gasteiger partial charge in [-0.15, -0.1) is 12.6 Å². The number of sulfonamides is 1. The van der Waals surface area contributed by atoms with E-state index >= 15 is 0 Å². The number of nitrogen functional groups attached to an aromatic ring is 1. The minimum absolute atomic E-state index is 0.112. The lowest BCUT2D eigenvalue weighted by molar-refractivity contribution is -0.116. The Labute approximate surface area is 156 Å². The van der Waals surface area contributed by atoms with Gasteiger partial charge in [-0.1, -0.05) is 0 Å². The number of hydrogen-bond acceptors (Lipinski definition) is 5. The van der Waals surface area contributed by atoms with Gasteiger partial charge in [0.2, 0.25) is 15.9 Å². The Kier molecular flexibility index (Phi) is 7.34. The quantitative estimate of drug-likeness (QED) is 0.328. The van der Waals surface area contributed by atoms with E-state index in [4.69, 9.17) is 5.73 Å². The molecule has 8 heteroatoms. The first-order valence-corrected chi connectivity index (χ1v) is 10.2. The molecule has 25 heavy (non-hydrogen) atoms. The maximum atomic E-state index is 12.1. The highest BCUT2D eigenvalue weighted by Gasteiger charge is 2.27. The fourth-order valence-electron chi connectivity index (χ4n) is 2.09. The van der Waals surface area contributed by atoms with Crippen molar-refractivity contribution in [2.75, 3.05) is 17.6 Å². The fourth-order valence-corrected chi connectivity index (χ4v) is 3.24. The van der Waals surface area contributed by atoms with Crippen LogP contribution in [0.15, 0.2) is 11.0 Å². The number of benzene rings is 1. The van der Waals surface area contributed by atoms with Crippen LogP contribution in [0.3, 0.4) is 0 Å². The summed E-state index contributed by atoms with van der Waals surface area (Å²) < 4.78 is 25.6. The molecule has 0 saturated carbocycles. The molecule has 1 rings (SSSR count). The summed E-state index contributed by atoms with van der Waals surface area (Å²) in [6.07, 6.45) is 1.52. The van der Waals surface area contributed by atoms with E-state index in [1.165, 1.54) is 0 Å². The number of anilines is 2. The molecule has 6 nitrogen and oxygen atoms in total. The van der Waals surface area contributed by atoms with Crippen LogP contribution >= 0.6 is 12.6 Å². The molecule has 0 aliphatic heterocycles. The van der Waals surface area contributed by atoms with E-state index < -0.39 is 14.8 Å². The summed E-state index contributed by atoms with van der Waals surface area (Å²) in [4.78, 5) is 12.8. The van der Waals surface area contributed by atoms with Gasteiger partial charge in [-0.25, -0.2) is 13.1 Å². The largest absolute Gasteiger partial charge is 0.398 e. The van der Waals surface area contributed by atoms with Gasteiger partial charge in [0.05, 0.1) is 4.75 Å². The molecule has 0 aliphatic rings. The van der Waals surface area contributed by atoms with Crippen molar-refractivity contribution < 1.29 is 13.2 Å². The summed E-state index contributed by atoms with van der Waals surface area (Å²) in [6, 6.07) is 1.83. The molecular weight excluding hydrogens is 358 g/mol. The summed E-state index contributed by atoms with van der Waals surface area (Å²) in [5.74, 6) is -0.112. The topological polar surface area (TPSA) is 101 Å². The molecule has 0 atom stereocenters. The van der Waals surface area contributed by atoms with Crippen LogP contribution < -0.4 is 15.8 Å². The van der Waals surface area contributed by atoms with E-state index in [2.05, 4.69) is 22.7 Å². The second kappa shape index (κ2) is 8.42. The van der Waals surface area contributed by atoms with Gasteiger partial charge >= 0.3 is 0 Å². The lowest BCUT2D eigenvalue weighted by Gasteiger charge is -2.19. The smallest absolute Gasteiger partial charge is 0.224 e. The predicted octanol–water partition coefficient (Wildman–Crippen LogP) is 3.00. The van der Waals surface area contributed by atoms with Crippen LogP contribution in [-0.2, 0) is 14.8 Å². The van der Waals surface area contributed by atoms with E-state index in [0.29, 0.717) is 42.1 Å². The van der Waals surface area contributed by atoms with Crippen LogP contribution in [0.4, 0.5) is 11.4 Å². The Morgan fingerprint density at radius 1 is 1.24 bits per heavy atom. The Bertz CT molecular complexity index is 738. The number of carbonyl (C=O) groups is 1. The average molecular weight is 388 g/mol. The zero-order valence-electron chi connectivity index (χ0n) is 15.6. The van der Waals surface area contributed by atoms with Crippen molar-refractivity contribution >= 4 is 39.9 Å². The van der Waals surface area contributed by atoms with Crippen LogP contribution in [-0.4, -0.2) is 25.6 Å². The van der Waals surface area contributed by atoms with Crippen LogP contribution in [0.25, 0.3) is 0 Å². The molecule has 1 aromatic carbocycles. The normalized spacial score (nSPS) is 12.2. The van der Waals surface area contributed by atoms with Crippen molar-refractivity contribution in [2.45, 2.75) is 63.5 Å². The van der Waals surface area contributed by atoms with E-state index in [9.17, 15) is 13.2 Å². The number of amides is 1. The minimum Gasteiger partial charge on any atom is -0.398 e. The molecule has 0 aliphatic carbocycles. The Morgan fingerprint density at radius 2 is 1.84 bits per heavy atom. The van der Waals surface area contributed by atoms with Crippen molar-refractivity contribution in [3.63, 3.8) is 0 Å². The van der Waals surface area contributed by atoms with Crippen molar-refractivity contribution in [1.29, 1.82) is 0 Å². The number of carbonyl (C=O) groups excluding carboxylic acids is 1. The van der Waals surface area contributed by atoms with Gasteiger partial charge in [-0.3, -0.25) is 4.79 Å². The Hall–Kier alpha value is -1.25. The molecule has 142 valence electrons. The molecule has 0 bridgehead atoms. The third-order valence-electron chi connectivity index (χ3n) is 4.00.